The summed E-state index contributed by atoms with van der Waals surface area (Å²) in [6.45, 7) is 8.21. The molecule has 1 saturated carbocycles. The van der Waals surface area contributed by atoms with Crippen LogP contribution in [0.4, 0.5) is 0 Å². The van der Waals surface area contributed by atoms with Crippen LogP contribution in [-0.4, -0.2) is 43.2 Å². The molecule has 0 spiro atoms. The first-order valence-corrected chi connectivity index (χ1v) is 8.01. The van der Waals surface area contributed by atoms with Crippen molar-refractivity contribution in [3.63, 3.8) is 0 Å². The molecule has 1 heterocycles. The number of hydrogen-bond donors (Lipinski definition) is 1. The number of hydrogen-bond acceptors (Lipinski definition) is 3. The van der Waals surface area contributed by atoms with Crippen molar-refractivity contribution in [1.82, 2.24) is 4.90 Å². The first-order chi connectivity index (χ1) is 9.43. The molecule has 4 nitrogen and oxygen atoms in total. The summed E-state index contributed by atoms with van der Waals surface area (Å²) in [7, 11) is 1.75. The Balaban J connectivity index is 2.00. The number of rotatable bonds is 2. The van der Waals surface area contributed by atoms with E-state index in [-0.39, 0.29) is 18.1 Å². The molecule has 1 aliphatic heterocycles. The molecule has 2 rings (SSSR count). The number of piperidine rings is 1. The van der Waals surface area contributed by atoms with Crippen LogP contribution in [0.15, 0.2) is 0 Å². The van der Waals surface area contributed by atoms with Crippen LogP contribution in [0.3, 0.4) is 0 Å². The minimum absolute atomic E-state index is 0.104. The third kappa shape index (κ3) is 3.17. The van der Waals surface area contributed by atoms with Gasteiger partial charge in [-0.15, -0.1) is 0 Å². The van der Waals surface area contributed by atoms with Crippen LogP contribution < -0.4 is 5.73 Å². The number of likely N-dealkylation sites (tertiary alicyclic amines) is 1. The molecular formula is C16H30N2O2. The minimum atomic E-state index is 0.104. The Labute approximate surface area is 123 Å². The molecule has 116 valence electrons. The van der Waals surface area contributed by atoms with Crippen LogP contribution >= 0.6 is 0 Å². The molecule has 0 bridgehead atoms. The van der Waals surface area contributed by atoms with Crippen molar-refractivity contribution in [2.75, 3.05) is 20.2 Å². The number of carbonyl (C=O) groups excluding carboxylic acids is 1. The summed E-state index contributed by atoms with van der Waals surface area (Å²) in [4.78, 5) is 14.8. The van der Waals surface area contributed by atoms with Crippen molar-refractivity contribution in [1.29, 1.82) is 0 Å². The monoisotopic (exact) mass is 282 g/mol. The van der Waals surface area contributed by atoms with E-state index in [0.29, 0.717) is 23.7 Å². The summed E-state index contributed by atoms with van der Waals surface area (Å²) < 4.78 is 5.52. The Kier molecular flexibility index (Phi) is 5.08. The highest BCUT2D eigenvalue weighted by Crippen LogP contribution is 2.35. The standard InChI is InChI=1S/C16H30N2O2/c1-10-5-6-18(9-15(10)20-4)16(19)13-8-14(17)12(3)7-11(13)2/h10-15H,5-9,17H2,1-4H3. The zero-order valence-electron chi connectivity index (χ0n) is 13.3. The van der Waals surface area contributed by atoms with Crippen molar-refractivity contribution < 1.29 is 9.53 Å². The van der Waals surface area contributed by atoms with E-state index in [1.165, 1.54) is 0 Å². The first kappa shape index (κ1) is 15.8. The Morgan fingerprint density at radius 3 is 2.50 bits per heavy atom. The smallest absolute Gasteiger partial charge is 0.226 e. The molecule has 1 saturated heterocycles. The predicted octanol–water partition coefficient (Wildman–Crippen LogP) is 1.88. The molecule has 1 aliphatic carbocycles. The highest BCUT2D eigenvalue weighted by molar-refractivity contribution is 5.79. The number of nitrogens with two attached hydrogens (primary N) is 1. The molecule has 1 amide bonds. The maximum absolute atomic E-state index is 12.8. The number of methoxy groups -OCH3 is 1. The quantitative estimate of drug-likeness (QED) is 0.841. The molecule has 2 N–H and O–H groups in total. The van der Waals surface area contributed by atoms with Crippen molar-refractivity contribution in [2.45, 2.75) is 52.2 Å². The maximum atomic E-state index is 12.8. The molecule has 0 aromatic heterocycles. The summed E-state index contributed by atoms with van der Waals surface area (Å²) in [5.74, 6) is 1.91. The number of ether oxygens (including phenoxy) is 1. The summed E-state index contributed by atoms with van der Waals surface area (Å²) >= 11 is 0. The normalized spacial score (nSPS) is 42.5. The Morgan fingerprint density at radius 1 is 1.15 bits per heavy atom. The van der Waals surface area contributed by atoms with E-state index >= 15 is 0 Å². The van der Waals surface area contributed by atoms with Crippen LogP contribution in [-0.2, 0) is 9.53 Å². The number of nitrogens with zero attached hydrogens (tertiary/aromatic N) is 1. The van der Waals surface area contributed by atoms with E-state index in [2.05, 4.69) is 20.8 Å². The summed E-state index contributed by atoms with van der Waals surface area (Å²) in [6.07, 6.45) is 3.12. The molecule has 4 heteroatoms. The van der Waals surface area contributed by atoms with Gasteiger partial charge in [-0.25, -0.2) is 0 Å². The predicted molar refractivity (Wildman–Crippen MR) is 80.2 cm³/mol. The highest BCUT2D eigenvalue weighted by atomic mass is 16.5. The van der Waals surface area contributed by atoms with Crippen LogP contribution in [0.1, 0.15) is 40.0 Å². The lowest BCUT2D eigenvalue weighted by Crippen LogP contribution is -2.52. The number of carbonyl (C=O) groups is 1. The van der Waals surface area contributed by atoms with Gasteiger partial charge in [0.15, 0.2) is 0 Å². The Morgan fingerprint density at radius 2 is 1.85 bits per heavy atom. The lowest BCUT2D eigenvalue weighted by atomic mass is 9.72. The van der Waals surface area contributed by atoms with E-state index in [1.54, 1.807) is 7.11 Å². The molecule has 6 unspecified atom stereocenters. The van der Waals surface area contributed by atoms with Gasteiger partial charge >= 0.3 is 0 Å². The second-order valence-electron chi connectivity index (χ2n) is 7.02. The topological polar surface area (TPSA) is 55.6 Å². The highest BCUT2D eigenvalue weighted by Gasteiger charge is 2.39. The zero-order valence-corrected chi connectivity index (χ0v) is 13.3. The summed E-state index contributed by atoms with van der Waals surface area (Å²) in [6, 6.07) is 0.169. The second-order valence-corrected chi connectivity index (χ2v) is 7.02. The van der Waals surface area contributed by atoms with Crippen molar-refractivity contribution in [3.8, 4) is 0 Å². The van der Waals surface area contributed by atoms with E-state index in [1.807, 2.05) is 4.90 Å². The third-order valence-corrected chi connectivity index (χ3v) is 5.51. The minimum Gasteiger partial charge on any atom is -0.379 e. The first-order valence-electron chi connectivity index (χ1n) is 8.01. The van der Waals surface area contributed by atoms with Gasteiger partial charge < -0.3 is 15.4 Å². The molecule has 6 atom stereocenters. The van der Waals surface area contributed by atoms with Gasteiger partial charge in [-0.3, -0.25) is 4.79 Å². The fourth-order valence-corrected chi connectivity index (χ4v) is 3.80. The van der Waals surface area contributed by atoms with Crippen LogP contribution in [0.5, 0.6) is 0 Å². The average molecular weight is 282 g/mol. The average Bonchev–Trinajstić information content (AvgIpc) is 2.42. The van der Waals surface area contributed by atoms with Crippen LogP contribution in [0.2, 0.25) is 0 Å². The van der Waals surface area contributed by atoms with Crippen molar-refractivity contribution in [2.24, 2.45) is 29.4 Å². The molecule has 2 aliphatic rings. The largest absolute Gasteiger partial charge is 0.379 e. The molecule has 0 aromatic carbocycles. The molecule has 2 fully saturated rings. The van der Waals surface area contributed by atoms with Crippen LogP contribution in [0, 0.1) is 23.7 Å². The van der Waals surface area contributed by atoms with E-state index in [0.717, 1.165) is 32.4 Å². The molecule has 20 heavy (non-hydrogen) atoms. The molecule has 0 aromatic rings. The van der Waals surface area contributed by atoms with Gasteiger partial charge in [0.1, 0.15) is 0 Å². The van der Waals surface area contributed by atoms with Gasteiger partial charge in [0.05, 0.1) is 6.10 Å². The van der Waals surface area contributed by atoms with Crippen molar-refractivity contribution >= 4 is 5.91 Å². The fourth-order valence-electron chi connectivity index (χ4n) is 3.80. The summed E-state index contributed by atoms with van der Waals surface area (Å²) in [5.41, 5.74) is 6.18. The Hall–Kier alpha value is -0.610. The number of amides is 1. The third-order valence-electron chi connectivity index (χ3n) is 5.51. The maximum Gasteiger partial charge on any atom is 0.226 e. The fraction of sp³-hybridized carbons (Fsp3) is 0.938. The SMILES string of the molecule is COC1CN(C(=O)C2CC(N)C(C)CC2C)CCC1C. The lowest BCUT2D eigenvalue weighted by molar-refractivity contribution is -0.144. The van der Waals surface area contributed by atoms with Gasteiger partial charge in [0.25, 0.3) is 0 Å². The lowest BCUT2D eigenvalue weighted by Gasteiger charge is -2.42. The van der Waals surface area contributed by atoms with E-state index < -0.39 is 0 Å². The van der Waals surface area contributed by atoms with Crippen molar-refractivity contribution in [3.05, 3.63) is 0 Å². The van der Waals surface area contributed by atoms with E-state index in [4.69, 9.17) is 10.5 Å². The van der Waals surface area contributed by atoms with E-state index in [9.17, 15) is 4.79 Å². The van der Waals surface area contributed by atoms with Crippen LogP contribution in [0.25, 0.3) is 0 Å². The zero-order chi connectivity index (χ0) is 14.9. The second kappa shape index (κ2) is 6.44. The van der Waals surface area contributed by atoms with Gasteiger partial charge in [-0.2, -0.15) is 0 Å². The van der Waals surface area contributed by atoms with Gasteiger partial charge in [0, 0.05) is 32.2 Å². The van der Waals surface area contributed by atoms with Gasteiger partial charge in [0.2, 0.25) is 5.91 Å². The van der Waals surface area contributed by atoms with Gasteiger partial charge in [-0.1, -0.05) is 20.8 Å². The van der Waals surface area contributed by atoms with Gasteiger partial charge in [-0.05, 0) is 37.0 Å². The summed E-state index contributed by atoms with van der Waals surface area (Å²) in [5, 5.41) is 0. The molecular weight excluding hydrogens is 252 g/mol. The molecule has 0 radical (unpaired) electrons. The Bertz CT molecular complexity index is 347.